The van der Waals surface area contributed by atoms with E-state index in [2.05, 4.69) is 52.6 Å². The van der Waals surface area contributed by atoms with Crippen molar-refractivity contribution in [3.8, 4) is 17.2 Å². The van der Waals surface area contributed by atoms with Crippen LogP contribution in [-0.4, -0.2) is 58.9 Å². The highest BCUT2D eigenvalue weighted by Crippen LogP contribution is 2.27. The van der Waals surface area contributed by atoms with Crippen LogP contribution in [0.25, 0.3) is 16.8 Å². The van der Waals surface area contributed by atoms with Crippen LogP contribution >= 0.6 is 0 Å². The van der Waals surface area contributed by atoms with Crippen LogP contribution in [0.2, 0.25) is 0 Å². The zero-order valence-electron chi connectivity index (χ0n) is 20.8. The van der Waals surface area contributed by atoms with Crippen LogP contribution in [0.15, 0.2) is 60.8 Å². The van der Waals surface area contributed by atoms with Crippen molar-refractivity contribution in [2.24, 2.45) is 0 Å². The summed E-state index contributed by atoms with van der Waals surface area (Å²) in [5.74, 6) is 1.03. The molecule has 0 amide bonds. The summed E-state index contributed by atoms with van der Waals surface area (Å²) in [6.45, 7) is 7.55. The summed E-state index contributed by atoms with van der Waals surface area (Å²) in [4.78, 5) is 7.40. The fourth-order valence-electron chi connectivity index (χ4n) is 4.83. The number of ether oxygens (including phenoxy) is 1. The lowest BCUT2D eigenvalue weighted by atomic mass is 9.96. The minimum atomic E-state index is 0.690. The van der Waals surface area contributed by atoms with Gasteiger partial charge >= 0.3 is 0 Å². The second kappa shape index (κ2) is 11.3. The van der Waals surface area contributed by atoms with Gasteiger partial charge in [-0.05, 0) is 29.2 Å². The molecular weight excluding hydrogens is 448 g/mol. The highest BCUT2D eigenvalue weighted by Gasteiger charge is 2.17. The Morgan fingerprint density at radius 3 is 2.64 bits per heavy atom. The molecule has 7 nitrogen and oxygen atoms in total. The maximum Gasteiger partial charge on any atom is 0.157 e. The molecule has 1 saturated heterocycles. The maximum atomic E-state index is 9.48. The Labute approximate surface area is 212 Å². The van der Waals surface area contributed by atoms with E-state index < -0.39 is 0 Å². The number of aryl methyl sites for hydroxylation is 1. The van der Waals surface area contributed by atoms with E-state index in [1.165, 1.54) is 11.1 Å². The van der Waals surface area contributed by atoms with Gasteiger partial charge in [-0.15, -0.1) is 0 Å². The first kappa shape index (κ1) is 24.0. The van der Waals surface area contributed by atoms with Crippen molar-refractivity contribution >= 4 is 11.5 Å². The van der Waals surface area contributed by atoms with E-state index in [-0.39, 0.29) is 0 Å². The number of rotatable bonds is 9. The number of nitrogens with one attached hydrogen (secondary N) is 1. The normalized spacial score (nSPS) is 14.1. The Morgan fingerprint density at radius 2 is 1.86 bits per heavy atom. The van der Waals surface area contributed by atoms with E-state index in [1.807, 2.05) is 41.0 Å². The number of nitriles is 1. The van der Waals surface area contributed by atoms with Gasteiger partial charge in [-0.2, -0.15) is 14.9 Å². The standard InChI is InChI=1S/C29H32N6O/c1-2-5-27-26(20-22-8-10-23(11-9-22)25-7-4-3-6-24(25)21-30)29(35-28(33-27)12-13-32-35)31-14-15-34-16-18-36-19-17-34/h3-4,6-13,31H,2,5,14-20H2,1H3. The second-order valence-electron chi connectivity index (χ2n) is 9.15. The third-order valence-electron chi connectivity index (χ3n) is 6.72. The number of benzene rings is 2. The van der Waals surface area contributed by atoms with Crippen molar-refractivity contribution in [3.05, 3.63) is 83.2 Å². The third-order valence-corrected chi connectivity index (χ3v) is 6.72. The Kier molecular flexibility index (Phi) is 7.55. The highest BCUT2D eigenvalue weighted by molar-refractivity contribution is 5.70. The minimum absolute atomic E-state index is 0.690. The van der Waals surface area contributed by atoms with Gasteiger partial charge < -0.3 is 10.1 Å². The first-order valence-electron chi connectivity index (χ1n) is 12.7. The molecule has 0 spiro atoms. The molecule has 0 saturated carbocycles. The highest BCUT2D eigenvalue weighted by atomic mass is 16.5. The van der Waals surface area contributed by atoms with Crippen LogP contribution < -0.4 is 5.32 Å². The molecule has 1 aliphatic rings. The second-order valence-corrected chi connectivity index (χ2v) is 9.15. The molecule has 184 valence electrons. The summed E-state index contributed by atoms with van der Waals surface area (Å²) in [5.41, 5.74) is 7.10. The van der Waals surface area contributed by atoms with E-state index >= 15 is 0 Å². The van der Waals surface area contributed by atoms with Crippen molar-refractivity contribution < 1.29 is 4.74 Å². The molecule has 2 aromatic heterocycles. The monoisotopic (exact) mass is 480 g/mol. The number of hydrogen-bond donors (Lipinski definition) is 1. The molecular formula is C29H32N6O. The summed E-state index contributed by atoms with van der Waals surface area (Å²) < 4.78 is 7.42. The van der Waals surface area contributed by atoms with Gasteiger partial charge in [0.25, 0.3) is 0 Å². The van der Waals surface area contributed by atoms with Gasteiger partial charge in [-0.25, -0.2) is 4.98 Å². The van der Waals surface area contributed by atoms with Gasteiger partial charge in [0, 0.05) is 44.2 Å². The quantitative estimate of drug-likeness (QED) is 0.379. The van der Waals surface area contributed by atoms with Gasteiger partial charge in [0.1, 0.15) is 5.82 Å². The van der Waals surface area contributed by atoms with Gasteiger partial charge in [-0.3, -0.25) is 4.90 Å². The number of nitrogens with zero attached hydrogens (tertiary/aromatic N) is 5. The van der Waals surface area contributed by atoms with E-state index in [4.69, 9.17) is 9.72 Å². The van der Waals surface area contributed by atoms with E-state index in [0.717, 1.165) is 86.9 Å². The predicted octanol–water partition coefficient (Wildman–Crippen LogP) is 4.56. The number of fused-ring (bicyclic) bond motifs is 1. The molecule has 0 bridgehead atoms. The number of morpholine rings is 1. The van der Waals surface area contributed by atoms with Crippen LogP contribution in [-0.2, 0) is 17.6 Å². The topological polar surface area (TPSA) is 78.5 Å². The molecule has 4 aromatic rings. The molecule has 0 atom stereocenters. The zero-order chi connectivity index (χ0) is 24.7. The maximum absolute atomic E-state index is 9.48. The Bertz CT molecular complexity index is 1350. The van der Waals surface area contributed by atoms with Crippen molar-refractivity contribution in [3.63, 3.8) is 0 Å². The van der Waals surface area contributed by atoms with Crippen molar-refractivity contribution in [2.75, 3.05) is 44.7 Å². The van der Waals surface area contributed by atoms with Crippen LogP contribution in [0.3, 0.4) is 0 Å². The predicted molar refractivity (Wildman–Crippen MR) is 142 cm³/mol. The van der Waals surface area contributed by atoms with E-state index in [1.54, 1.807) is 0 Å². The van der Waals surface area contributed by atoms with Crippen LogP contribution in [0, 0.1) is 11.3 Å². The largest absolute Gasteiger partial charge is 0.379 e. The molecule has 1 aliphatic heterocycles. The average Bonchev–Trinajstić information content (AvgIpc) is 3.40. The van der Waals surface area contributed by atoms with E-state index in [0.29, 0.717) is 5.56 Å². The lowest BCUT2D eigenvalue weighted by molar-refractivity contribution is 0.0398. The lowest BCUT2D eigenvalue weighted by Crippen LogP contribution is -2.39. The molecule has 2 aromatic carbocycles. The SMILES string of the molecule is CCCc1nc2ccnn2c(NCCN2CCOCC2)c1Cc1ccc(-c2ccccc2C#N)cc1. The summed E-state index contributed by atoms with van der Waals surface area (Å²) in [5, 5.41) is 17.8. The molecule has 1 fully saturated rings. The Morgan fingerprint density at radius 1 is 1.06 bits per heavy atom. The first-order valence-corrected chi connectivity index (χ1v) is 12.7. The molecule has 3 heterocycles. The zero-order valence-corrected chi connectivity index (χ0v) is 20.8. The first-order chi connectivity index (χ1) is 17.8. The summed E-state index contributed by atoms with van der Waals surface area (Å²) in [6, 6.07) is 20.5. The smallest absolute Gasteiger partial charge is 0.157 e. The molecule has 5 rings (SSSR count). The lowest BCUT2D eigenvalue weighted by Gasteiger charge is -2.27. The molecule has 0 aliphatic carbocycles. The average molecular weight is 481 g/mol. The molecule has 7 heteroatoms. The summed E-state index contributed by atoms with van der Waals surface area (Å²) >= 11 is 0. The van der Waals surface area contributed by atoms with Crippen molar-refractivity contribution in [1.29, 1.82) is 5.26 Å². The number of hydrogen-bond acceptors (Lipinski definition) is 6. The van der Waals surface area contributed by atoms with Gasteiger partial charge in [-0.1, -0.05) is 55.8 Å². The van der Waals surface area contributed by atoms with Gasteiger partial charge in [0.2, 0.25) is 0 Å². The summed E-state index contributed by atoms with van der Waals surface area (Å²) in [6.07, 6.45) is 4.53. The van der Waals surface area contributed by atoms with Crippen molar-refractivity contribution in [1.82, 2.24) is 19.5 Å². The van der Waals surface area contributed by atoms with Crippen LogP contribution in [0.5, 0.6) is 0 Å². The fraction of sp³-hybridized carbons (Fsp3) is 0.345. The van der Waals surface area contributed by atoms with Crippen LogP contribution in [0.4, 0.5) is 5.82 Å². The van der Waals surface area contributed by atoms with Gasteiger partial charge in [0.15, 0.2) is 5.65 Å². The number of anilines is 1. The van der Waals surface area contributed by atoms with Gasteiger partial charge in [0.05, 0.1) is 36.7 Å². The summed E-state index contributed by atoms with van der Waals surface area (Å²) in [7, 11) is 0. The van der Waals surface area contributed by atoms with Crippen molar-refractivity contribution in [2.45, 2.75) is 26.2 Å². The fourth-order valence-corrected chi connectivity index (χ4v) is 4.83. The van der Waals surface area contributed by atoms with Crippen LogP contribution in [0.1, 0.15) is 35.7 Å². The number of aromatic nitrogens is 3. The molecule has 0 radical (unpaired) electrons. The minimum Gasteiger partial charge on any atom is -0.379 e. The Hall–Kier alpha value is -3.73. The molecule has 36 heavy (non-hydrogen) atoms. The Balaban J connectivity index is 1.43. The molecule has 0 unspecified atom stereocenters. The van der Waals surface area contributed by atoms with E-state index in [9.17, 15) is 5.26 Å². The third kappa shape index (κ3) is 5.25. The molecule has 1 N–H and O–H groups in total.